The van der Waals surface area contributed by atoms with Crippen molar-refractivity contribution in [2.24, 2.45) is 0 Å². The molecule has 0 atom stereocenters. The topological polar surface area (TPSA) is 62.7 Å². The van der Waals surface area contributed by atoms with Gasteiger partial charge in [0, 0.05) is 23.8 Å². The van der Waals surface area contributed by atoms with Crippen LogP contribution in [-0.2, 0) is 10.9 Å². The quantitative estimate of drug-likeness (QED) is 0.742. The highest BCUT2D eigenvalue weighted by atomic mass is 79.9. The molecule has 1 radical (unpaired) electrons. The van der Waals surface area contributed by atoms with Crippen LogP contribution in [-0.4, -0.2) is 52.1 Å². The Bertz CT molecular complexity index is 486. The van der Waals surface area contributed by atoms with Gasteiger partial charge in [-0.2, -0.15) is 0 Å². The summed E-state index contributed by atoms with van der Waals surface area (Å²) in [4.78, 5) is 5.97. The molecule has 1 heterocycles. The van der Waals surface area contributed by atoms with Crippen LogP contribution in [0, 0.1) is 6.92 Å². The number of pyridine rings is 1. The first-order valence-electron chi connectivity index (χ1n) is 5.60. The van der Waals surface area contributed by atoms with E-state index < -0.39 is 10.9 Å². The van der Waals surface area contributed by atoms with E-state index in [1.165, 1.54) is 4.31 Å². The number of ether oxygens (including phenoxy) is 1. The highest BCUT2D eigenvalue weighted by Crippen LogP contribution is 2.29. The van der Waals surface area contributed by atoms with E-state index in [1.54, 1.807) is 12.3 Å². The molecule has 107 valence electrons. The summed E-state index contributed by atoms with van der Waals surface area (Å²) in [6, 6.07) is 1.67. The summed E-state index contributed by atoms with van der Waals surface area (Å²) in [5.74, 6) is 0.260. The minimum absolute atomic E-state index is 0.179. The van der Waals surface area contributed by atoms with Crippen molar-refractivity contribution in [1.29, 1.82) is 0 Å². The number of likely N-dealkylation sites (N-methyl/N-ethyl adjacent to an activating group) is 1. The molecule has 1 aromatic heterocycles. The fourth-order valence-electron chi connectivity index (χ4n) is 1.39. The van der Waals surface area contributed by atoms with Gasteiger partial charge in [0.25, 0.3) is 0 Å². The zero-order valence-electron chi connectivity index (χ0n) is 10.9. The lowest BCUT2D eigenvalue weighted by Gasteiger charge is -2.21. The second kappa shape index (κ2) is 7.66. The first-order chi connectivity index (χ1) is 8.95. The van der Waals surface area contributed by atoms with Crippen LogP contribution in [0.1, 0.15) is 0 Å². The monoisotopic (exact) mass is 350 g/mol. The second-order valence-electron chi connectivity index (χ2n) is 3.99. The molecule has 0 aromatic carbocycles. The van der Waals surface area contributed by atoms with Gasteiger partial charge >= 0.3 is 0 Å². The summed E-state index contributed by atoms with van der Waals surface area (Å²) in [5.41, 5.74) is 0.413. The Labute approximate surface area is 123 Å². The summed E-state index contributed by atoms with van der Waals surface area (Å²) >= 11 is 3.28. The third kappa shape index (κ3) is 4.96. The van der Waals surface area contributed by atoms with E-state index in [2.05, 4.69) is 27.8 Å². The Hall–Kier alpha value is -0.860. The van der Waals surface area contributed by atoms with E-state index in [0.29, 0.717) is 23.2 Å². The number of anilines is 1. The minimum atomic E-state index is -2.76. The van der Waals surface area contributed by atoms with Crippen molar-refractivity contribution in [1.82, 2.24) is 9.88 Å². The average molecular weight is 351 g/mol. The van der Waals surface area contributed by atoms with Crippen molar-refractivity contribution in [3.8, 4) is 5.88 Å². The Morgan fingerprint density at radius 2 is 2.11 bits per heavy atom. The maximum Gasteiger partial charge on any atom is 0.238 e. The van der Waals surface area contributed by atoms with E-state index in [-0.39, 0.29) is 12.5 Å². The predicted octanol–water partition coefficient (Wildman–Crippen LogP) is 0.951. The molecule has 0 bridgehead atoms. The molecule has 0 N–H and O–H groups in total. The lowest BCUT2D eigenvalue weighted by Crippen LogP contribution is -2.31. The summed E-state index contributed by atoms with van der Waals surface area (Å²) in [6.07, 6.45) is 1.55. The van der Waals surface area contributed by atoms with Gasteiger partial charge in [-0.25, -0.2) is 13.4 Å². The van der Waals surface area contributed by atoms with Gasteiger partial charge < -0.3 is 9.64 Å². The molecule has 8 heteroatoms. The number of thiol groups is 1. The maximum atomic E-state index is 11.4. The number of aromatic nitrogens is 1. The maximum absolute atomic E-state index is 11.4. The Kier molecular flexibility index (Phi) is 6.53. The third-order valence-corrected chi connectivity index (χ3v) is 3.52. The predicted molar refractivity (Wildman–Crippen MR) is 79.0 cm³/mol. The molecule has 0 aliphatic carbocycles. The highest BCUT2D eigenvalue weighted by molar-refractivity contribution is 9.10. The molecule has 0 aliphatic heterocycles. The fraction of sp³-hybridized carbons (Fsp3) is 0.455. The number of rotatable bonds is 7. The Balaban J connectivity index is 3.09. The molecule has 0 saturated carbocycles. The average Bonchev–Trinajstić information content (AvgIpc) is 2.32. The Morgan fingerprint density at radius 3 is 2.63 bits per heavy atom. The van der Waals surface area contributed by atoms with Crippen LogP contribution in [0.4, 0.5) is 5.69 Å². The molecule has 0 amide bonds. The van der Waals surface area contributed by atoms with Gasteiger partial charge in [-0.05, 0) is 43.0 Å². The first kappa shape index (κ1) is 16.2. The van der Waals surface area contributed by atoms with Gasteiger partial charge in [-0.3, -0.25) is 4.31 Å². The summed E-state index contributed by atoms with van der Waals surface area (Å²) in [6.45, 7) is 4.68. The molecule has 1 rings (SSSR count). The van der Waals surface area contributed by atoms with Gasteiger partial charge in [-0.15, -0.1) is 0 Å². The van der Waals surface area contributed by atoms with Crippen LogP contribution in [0.15, 0.2) is 16.7 Å². The lowest BCUT2D eigenvalue weighted by molar-refractivity contribution is 0.347. The van der Waals surface area contributed by atoms with Gasteiger partial charge in [0.1, 0.15) is 5.69 Å². The van der Waals surface area contributed by atoms with Crippen LogP contribution in [0.2, 0.25) is 0 Å². The Morgan fingerprint density at radius 1 is 1.42 bits per heavy atom. The third-order valence-electron chi connectivity index (χ3n) is 2.27. The molecule has 0 unspecified atom stereocenters. The van der Waals surface area contributed by atoms with E-state index in [9.17, 15) is 8.42 Å². The SMILES string of the molecule is [CH2]COc1ncc(Br)cc1N(CCN(C)C)[SH](=O)=O. The fourth-order valence-corrected chi connectivity index (χ4v) is 2.28. The van der Waals surface area contributed by atoms with Crippen LogP contribution in [0.25, 0.3) is 0 Å². The molecular weight excluding hydrogens is 334 g/mol. The largest absolute Gasteiger partial charge is 0.476 e. The van der Waals surface area contributed by atoms with Gasteiger partial charge in [-0.1, -0.05) is 0 Å². The number of hydrogen-bond donors (Lipinski definition) is 1. The standard InChI is InChI=1S/C11H17BrN3O3S/c1-4-18-11-10(7-9(12)8-13-11)15(19(16)17)6-5-14(2)3/h7-8,19H,1,4-6H2,2-3H3. The van der Waals surface area contributed by atoms with Crippen LogP contribution in [0.5, 0.6) is 5.88 Å². The molecule has 6 nitrogen and oxygen atoms in total. The van der Waals surface area contributed by atoms with E-state index in [0.717, 1.165) is 0 Å². The van der Waals surface area contributed by atoms with Crippen molar-refractivity contribution >= 4 is 32.5 Å². The first-order valence-corrected chi connectivity index (χ1v) is 7.52. The lowest BCUT2D eigenvalue weighted by atomic mass is 10.4. The van der Waals surface area contributed by atoms with Crippen LogP contribution < -0.4 is 9.04 Å². The van der Waals surface area contributed by atoms with Gasteiger partial charge in [0.2, 0.25) is 16.8 Å². The van der Waals surface area contributed by atoms with Crippen LogP contribution in [0.3, 0.4) is 0 Å². The van der Waals surface area contributed by atoms with Crippen molar-refractivity contribution in [2.45, 2.75) is 0 Å². The molecule has 0 spiro atoms. The van der Waals surface area contributed by atoms with Crippen molar-refractivity contribution in [3.63, 3.8) is 0 Å². The van der Waals surface area contributed by atoms with E-state index in [4.69, 9.17) is 4.74 Å². The number of hydrogen-bond acceptors (Lipinski definition) is 5. The van der Waals surface area contributed by atoms with Crippen LogP contribution >= 0.6 is 15.9 Å². The van der Waals surface area contributed by atoms with Gasteiger partial charge in [0.05, 0.1) is 6.61 Å². The molecule has 1 aromatic rings. The molecule has 0 fully saturated rings. The van der Waals surface area contributed by atoms with Crippen molar-refractivity contribution in [3.05, 3.63) is 23.7 Å². The highest BCUT2D eigenvalue weighted by Gasteiger charge is 2.16. The molecule has 0 saturated heterocycles. The van der Waals surface area contributed by atoms with E-state index >= 15 is 0 Å². The normalized spacial score (nSPS) is 11.1. The number of nitrogens with zero attached hydrogens (tertiary/aromatic N) is 3. The summed E-state index contributed by atoms with van der Waals surface area (Å²) < 4.78 is 30.0. The van der Waals surface area contributed by atoms with E-state index in [1.807, 2.05) is 19.0 Å². The van der Waals surface area contributed by atoms with Crippen molar-refractivity contribution in [2.75, 3.05) is 38.1 Å². The van der Waals surface area contributed by atoms with Gasteiger partial charge in [0.15, 0.2) is 0 Å². The van der Waals surface area contributed by atoms with Crippen molar-refractivity contribution < 1.29 is 13.2 Å². The smallest absolute Gasteiger partial charge is 0.238 e. The minimum Gasteiger partial charge on any atom is -0.476 e. The number of halogens is 1. The molecule has 0 aliphatic rings. The summed E-state index contributed by atoms with van der Waals surface area (Å²) in [5, 5.41) is 0. The second-order valence-corrected chi connectivity index (χ2v) is 5.86. The molecular formula is C11H17BrN3O3S. The molecule has 19 heavy (non-hydrogen) atoms. The zero-order chi connectivity index (χ0) is 14.4. The summed E-state index contributed by atoms with van der Waals surface area (Å²) in [7, 11) is 0.990. The zero-order valence-corrected chi connectivity index (χ0v) is 13.4.